The van der Waals surface area contributed by atoms with Gasteiger partial charge in [0.15, 0.2) is 0 Å². The molecule has 20 heavy (non-hydrogen) atoms. The Bertz CT molecular complexity index is 797. The molecular formula is C15H16N4O. The largest absolute Gasteiger partial charge is 0.360 e. The second kappa shape index (κ2) is 4.52. The van der Waals surface area contributed by atoms with Gasteiger partial charge in [-0.2, -0.15) is 5.10 Å². The highest BCUT2D eigenvalue weighted by molar-refractivity contribution is 6.13. The van der Waals surface area contributed by atoms with E-state index in [9.17, 15) is 4.79 Å². The third-order valence-electron chi connectivity index (χ3n) is 3.58. The molecule has 0 aliphatic heterocycles. The molecule has 1 amide bonds. The molecule has 1 aromatic carbocycles. The van der Waals surface area contributed by atoms with Crippen LogP contribution >= 0.6 is 0 Å². The van der Waals surface area contributed by atoms with Crippen LogP contribution in [-0.2, 0) is 7.05 Å². The van der Waals surface area contributed by atoms with Crippen molar-refractivity contribution in [2.24, 2.45) is 7.05 Å². The Kier molecular flexibility index (Phi) is 2.82. The number of aryl methyl sites for hydroxylation is 2. The Morgan fingerprint density at radius 2 is 2.05 bits per heavy atom. The lowest BCUT2D eigenvalue weighted by Crippen LogP contribution is -2.12. The molecule has 5 heteroatoms. The number of benzene rings is 1. The molecule has 0 saturated heterocycles. The quantitative estimate of drug-likeness (QED) is 0.750. The molecule has 0 bridgehead atoms. The Balaban J connectivity index is 1.97. The maximum atomic E-state index is 12.4. The van der Waals surface area contributed by atoms with Crippen LogP contribution in [0.15, 0.2) is 30.5 Å². The number of para-hydroxylation sites is 1. The summed E-state index contributed by atoms with van der Waals surface area (Å²) in [7, 11) is 1.86. The average molecular weight is 268 g/mol. The third kappa shape index (κ3) is 1.87. The predicted molar refractivity (Wildman–Crippen MR) is 78.9 cm³/mol. The fraction of sp³-hybridized carbons (Fsp3) is 0.200. The van der Waals surface area contributed by atoms with Gasteiger partial charge in [0.2, 0.25) is 0 Å². The van der Waals surface area contributed by atoms with Crippen molar-refractivity contribution in [2.75, 3.05) is 5.32 Å². The number of carbonyl (C=O) groups is 1. The molecule has 5 nitrogen and oxygen atoms in total. The van der Waals surface area contributed by atoms with Gasteiger partial charge in [0.25, 0.3) is 5.91 Å². The summed E-state index contributed by atoms with van der Waals surface area (Å²) < 4.78 is 1.76. The number of fused-ring (bicyclic) bond motifs is 1. The van der Waals surface area contributed by atoms with Crippen molar-refractivity contribution in [1.82, 2.24) is 14.8 Å². The van der Waals surface area contributed by atoms with Crippen LogP contribution in [0.25, 0.3) is 10.9 Å². The second-order valence-corrected chi connectivity index (χ2v) is 4.87. The minimum atomic E-state index is -0.123. The molecular weight excluding hydrogens is 252 g/mol. The van der Waals surface area contributed by atoms with E-state index in [0.717, 1.165) is 28.0 Å². The van der Waals surface area contributed by atoms with Crippen LogP contribution in [0.3, 0.4) is 0 Å². The fourth-order valence-corrected chi connectivity index (χ4v) is 2.39. The van der Waals surface area contributed by atoms with Gasteiger partial charge in [-0.1, -0.05) is 18.2 Å². The Morgan fingerprint density at radius 1 is 1.30 bits per heavy atom. The molecule has 0 fully saturated rings. The topological polar surface area (TPSA) is 62.7 Å². The van der Waals surface area contributed by atoms with Crippen LogP contribution in [-0.4, -0.2) is 20.7 Å². The smallest absolute Gasteiger partial charge is 0.257 e. The molecule has 2 N–H and O–H groups in total. The van der Waals surface area contributed by atoms with Crippen LogP contribution in [0.5, 0.6) is 0 Å². The van der Waals surface area contributed by atoms with Crippen molar-refractivity contribution < 1.29 is 4.79 Å². The number of hydrogen-bond acceptors (Lipinski definition) is 2. The van der Waals surface area contributed by atoms with E-state index in [4.69, 9.17) is 0 Å². The number of H-pyrrole nitrogens is 1. The molecule has 2 heterocycles. The summed E-state index contributed by atoms with van der Waals surface area (Å²) in [6.07, 6.45) is 1.74. The molecule has 0 atom stereocenters. The lowest BCUT2D eigenvalue weighted by Gasteiger charge is -2.04. The summed E-state index contributed by atoms with van der Waals surface area (Å²) in [5.41, 5.74) is 4.14. The molecule has 102 valence electrons. The van der Waals surface area contributed by atoms with Crippen molar-refractivity contribution in [2.45, 2.75) is 13.8 Å². The first kappa shape index (κ1) is 12.5. The van der Waals surface area contributed by atoms with Gasteiger partial charge < -0.3 is 10.3 Å². The summed E-state index contributed by atoms with van der Waals surface area (Å²) in [6, 6.07) is 7.75. The van der Waals surface area contributed by atoms with E-state index in [-0.39, 0.29) is 5.91 Å². The number of amides is 1. The van der Waals surface area contributed by atoms with Crippen LogP contribution in [0.1, 0.15) is 21.7 Å². The van der Waals surface area contributed by atoms with E-state index < -0.39 is 0 Å². The summed E-state index contributed by atoms with van der Waals surface area (Å²) >= 11 is 0. The fourth-order valence-electron chi connectivity index (χ4n) is 2.39. The second-order valence-electron chi connectivity index (χ2n) is 4.87. The van der Waals surface area contributed by atoms with E-state index >= 15 is 0 Å². The van der Waals surface area contributed by atoms with Gasteiger partial charge in [-0.05, 0) is 19.9 Å². The molecule has 0 radical (unpaired) electrons. The molecule has 0 unspecified atom stereocenters. The predicted octanol–water partition coefficient (Wildman–Crippen LogP) is 2.77. The molecule has 2 aromatic heterocycles. The normalized spacial score (nSPS) is 10.9. The summed E-state index contributed by atoms with van der Waals surface area (Å²) in [5, 5.41) is 8.17. The number of carbonyl (C=O) groups excluding carboxylic acids is 1. The van der Waals surface area contributed by atoms with Crippen LogP contribution in [0.2, 0.25) is 0 Å². The number of rotatable bonds is 2. The van der Waals surface area contributed by atoms with Crippen molar-refractivity contribution in [3.05, 3.63) is 47.4 Å². The highest BCUT2D eigenvalue weighted by atomic mass is 16.1. The number of nitrogens with one attached hydrogen (secondary N) is 2. The minimum Gasteiger partial charge on any atom is -0.360 e. The molecule has 3 aromatic rings. The Hall–Kier alpha value is -2.56. The number of aromatic nitrogens is 3. The van der Waals surface area contributed by atoms with Gasteiger partial charge >= 0.3 is 0 Å². The highest BCUT2D eigenvalue weighted by Crippen LogP contribution is 2.22. The lowest BCUT2D eigenvalue weighted by molar-refractivity contribution is 0.102. The van der Waals surface area contributed by atoms with E-state index in [1.54, 1.807) is 10.9 Å². The van der Waals surface area contributed by atoms with Gasteiger partial charge in [-0.15, -0.1) is 0 Å². The Labute approximate surface area is 116 Å². The van der Waals surface area contributed by atoms with Crippen molar-refractivity contribution in [3.8, 4) is 0 Å². The van der Waals surface area contributed by atoms with Crippen molar-refractivity contribution >= 4 is 22.5 Å². The zero-order chi connectivity index (χ0) is 14.3. The first-order valence-corrected chi connectivity index (χ1v) is 6.45. The van der Waals surface area contributed by atoms with Crippen LogP contribution in [0.4, 0.5) is 5.69 Å². The average Bonchev–Trinajstić information content (AvgIpc) is 2.96. The van der Waals surface area contributed by atoms with E-state index in [1.165, 1.54) is 0 Å². The highest BCUT2D eigenvalue weighted by Gasteiger charge is 2.16. The number of aromatic amines is 1. The number of hydrogen-bond donors (Lipinski definition) is 2. The van der Waals surface area contributed by atoms with Crippen molar-refractivity contribution in [1.29, 1.82) is 0 Å². The maximum absolute atomic E-state index is 12.4. The van der Waals surface area contributed by atoms with Gasteiger partial charge in [0.05, 0.1) is 22.6 Å². The van der Waals surface area contributed by atoms with Gasteiger partial charge in [-0.3, -0.25) is 9.48 Å². The third-order valence-corrected chi connectivity index (χ3v) is 3.58. The molecule has 0 spiro atoms. The molecule has 0 saturated carbocycles. The number of anilines is 1. The van der Waals surface area contributed by atoms with E-state index in [0.29, 0.717) is 5.56 Å². The Morgan fingerprint density at radius 3 is 2.75 bits per heavy atom. The lowest BCUT2D eigenvalue weighted by atomic mass is 10.1. The molecule has 0 aliphatic carbocycles. The van der Waals surface area contributed by atoms with E-state index in [1.807, 2.05) is 45.2 Å². The van der Waals surface area contributed by atoms with Crippen LogP contribution < -0.4 is 5.32 Å². The van der Waals surface area contributed by atoms with Gasteiger partial charge in [0.1, 0.15) is 0 Å². The van der Waals surface area contributed by atoms with Crippen LogP contribution in [0, 0.1) is 13.8 Å². The summed E-state index contributed by atoms with van der Waals surface area (Å²) in [6.45, 7) is 3.82. The van der Waals surface area contributed by atoms with Crippen molar-refractivity contribution in [3.63, 3.8) is 0 Å². The monoisotopic (exact) mass is 268 g/mol. The zero-order valence-corrected chi connectivity index (χ0v) is 11.7. The standard InChI is InChI=1S/C15H16N4O/c1-9-14(10(2)19(3)18-9)17-15(20)12-8-16-13-7-5-4-6-11(12)13/h4-8,16H,1-3H3,(H,17,20). The summed E-state index contributed by atoms with van der Waals surface area (Å²) in [4.78, 5) is 15.5. The summed E-state index contributed by atoms with van der Waals surface area (Å²) in [5.74, 6) is -0.123. The zero-order valence-electron chi connectivity index (χ0n) is 11.7. The van der Waals surface area contributed by atoms with Gasteiger partial charge in [-0.25, -0.2) is 0 Å². The first-order valence-electron chi connectivity index (χ1n) is 6.45. The van der Waals surface area contributed by atoms with E-state index in [2.05, 4.69) is 15.4 Å². The van der Waals surface area contributed by atoms with Gasteiger partial charge in [0, 0.05) is 24.1 Å². The molecule has 3 rings (SSSR count). The maximum Gasteiger partial charge on any atom is 0.257 e. The number of nitrogens with zero attached hydrogens (tertiary/aromatic N) is 2. The SMILES string of the molecule is Cc1nn(C)c(C)c1NC(=O)c1c[nH]c2ccccc12. The first-order chi connectivity index (χ1) is 9.58. The molecule has 0 aliphatic rings. The minimum absolute atomic E-state index is 0.123.